The van der Waals surface area contributed by atoms with Gasteiger partial charge in [-0.3, -0.25) is 14.5 Å². The highest BCUT2D eigenvalue weighted by molar-refractivity contribution is 5.83. The molecule has 0 radical (unpaired) electrons. The molecule has 3 aliphatic rings. The Morgan fingerprint density at radius 3 is 2.76 bits per heavy atom. The number of nitrogens with zero attached hydrogens (tertiary/aromatic N) is 5. The molecule has 0 amide bonds. The Balaban J connectivity index is 1.38. The van der Waals surface area contributed by atoms with E-state index in [1.165, 1.54) is 0 Å². The van der Waals surface area contributed by atoms with Gasteiger partial charge < -0.3 is 23.9 Å². The topological polar surface area (TPSA) is 134 Å². The van der Waals surface area contributed by atoms with Gasteiger partial charge in [0.05, 0.1) is 30.7 Å². The molecule has 2 fully saturated rings. The Labute approximate surface area is 212 Å². The first-order valence-corrected chi connectivity index (χ1v) is 12.9. The molecular formula is C25H30N6O6. The second-order valence-corrected chi connectivity index (χ2v) is 9.67. The zero-order valence-corrected chi connectivity index (χ0v) is 20.7. The number of carbonyl (C=O) groups excluding carboxylic acids is 1. The molecule has 0 bridgehead atoms. The molecule has 3 aliphatic heterocycles. The van der Waals surface area contributed by atoms with E-state index in [0.29, 0.717) is 67.5 Å². The number of esters is 1. The number of rotatable bonds is 7. The average Bonchev–Trinajstić information content (AvgIpc) is 3.67. The number of likely N-dealkylation sites (tertiary alicyclic amines) is 1. The predicted molar refractivity (Wildman–Crippen MR) is 130 cm³/mol. The fourth-order valence-electron chi connectivity index (χ4n) is 5.49. The molecule has 12 heteroatoms. The number of aromatic nitrogens is 5. The van der Waals surface area contributed by atoms with Gasteiger partial charge in [-0.2, -0.15) is 0 Å². The van der Waals surface area contributed by atoms with Crippen molar-refractivity contribution in [1.29, 1.82) is 0 Å². The molecule has 6 rings (SSSR count). The molecule has 2 atom stereocenters. The van der Waals surface area contributed by atoms with E-state index in [2.05, 4.69) is 25.4 Å². The molecule has 2 saturated heterocycles. The summed E-state index contributed by atoms with van der Waals surface area (Å²) in [4.78, 5) is 31.0. The van der Waals surface area contributed by atoms with Crippen LogP contribution in [-0.4, -0.2) is 75.3 Å². The largest absolute Gasteiger partial charge is 0.466 e. The van der Waals surface area contributed by atoms with E-state index in [1.807, 2.05) is 19.1 Å². The minimum atomic E-state index is -0.502. The van der Waals surface area contributed by atoms with Crippen LogP contribution in [0.2, 0.25) is 0 Å². The Kier molecular flexibility index (Phi) is 6.51. The van der Waals surface area contributed by atoms with E-state index in [4.69, 9.17) is 18.9 Å². The second-order valence-electron chi connectivity index (χ2n) is 9.67. The van der Waals surface area contributed by atoms with Gasteiger partial charge in [0.1, 0.15) is 6.04 Å². The summed E-state index contributed by atoms with van der Waals surface area (Å²) in [6.07, 6.45) is 3.25. The SMILES string of the molecule is CCOC(=O)C1CCN([C@H](c2cc3cc4c(cc3[nH]c2=O)OCO4)c2nnnn2C[C@H]2CCCO2)CC1. The monoisotopic (exact) mass is 510 g/mol. The third-order valence-corrected chi connectivity index (χ3v) is 7.38. The average molecular weight is 511 g/mol. The van der Waals surface area contributed by atoms with E-state index in [1.54, 1.807) is 10.7 Å². The van der Waals surface area contributed by atoms with Gasteiger partial charge in [-0.1, -0.05) is 0 Å². The summed E-state index contributed by atoms with van der Waals surface area (Å²) in [6, 6.07) is 5.03. The van der Waals surface area contributed by atoms with Crippen LogP contribution in [0.4, 0.5) is 0 Å². The van der Waals surface area contributed by atoms with Crippen molar-refractivity contribution >= 4 is 16.9 Å². The van der Waals surface area contributed by atoms with Gasteiger partial charge in [0.25, 0.3) is 5.56 Å². The van der Waals surface area contributed by atoms with Crippen LogP contribution in [0.1, 0.15) is 50.0 Å². The molecule has 0 spiro atoms. The molecule has 12 nitrogen and oxygen atoms in total. The number of piperidine rings is 1. The first-order chi connectivity index (χ1) is 18.1. The van der Waals surface area contributed by atoms with E-state index in [-0.39, 0.29) is 30.3 Å². The number of benzene rings is 1. The summed E-state index contributed by atoms with van der Waals surface area (Å²) in [5.74, 6) is 1.50. The number of H-pyrrole nitrogens is 1. The smallest absolute Gasteiger partial charge is 0.309 e. The van der Waals surface area contributed by atoms with Crippen molar-refractivity contribution in [2.75, 3.05) is 33.1 Å². The van der Waals surface area contributed by atoms with Gasteiger partial charge in [-0.15, -0.1) is 5.10 Å². The predicted octanol–water partition coefficient (Wildman–Crippen LogP) is 1.79. The third kappa shape index (κ3) is 4.66. The maximum Gasteiger partial charge on any atom is 0.309 e. The Bertz CT molecular complexity index is 1340. The third-order valence-electron chi connectivity index (χ3n) is 7.38. The van der Waals surface area contributed by atoms with Gasteiger partial charge >= 0.3 is 5.97 Å². The summed E-state index contributed by atoms with van der Waals surface area (Å²) in [5, 5.41) is 13.4. The van der Waals surface area contributed by atoms with Crippen molar-refractivity contribution < 1.29 is 23.7 Å². The lowest BCUT2D eigenvalue weighted by Gasteiger charge is -2.36. The standard InChI is InChI=1S/C25H30N6O6/c1-2-34-25(33)15-5-7-30(8-6-15)22(23-27-28-29-31(23)13-17-4-3-9-35-17)18-10-16-11-20-21(37-14-36-20)12-19(16)26-24(18)32/h10-12,15,17,22H,2-9,13-14H2,1H3,(H,26,32)/t17-,22-/m1/s1. The number of carbonyl (C=O) groups is 1. The number of pyridine rings is 1. The highest BCUT2D eigenvalue weighted by atomic mass is 16.7. The van der Waals surface area contributed by atoms with Crippen LogP contribution in [0.3, 0.4) is 0 Å². The quantitative estimate of drug-likeness (QED) is 0.469. The lowest BCUT2D eigenvalue weighted by molar-refractivity contribution is -0.149. The van der Waals surface area contributed by atoms with Crippen LogP contribution >= 0.6 is 0 Å². The number of ether oxygens (including phenoxy) is 4. The highest BCUT2D eigenvalue weighted by Gasteiger charge is 2.36. The summed E-state index contributed by atoms with van der Waals surface area (Å²) in [7, 11) is 0. The van der Waals surface area contributed by atoms with Gasteiger partial charge in [-0.25, -0.2) is 4.68 Å². The molecule has 37 heavy (non-hydrogen) atoms. The number of nitrogens with one attached hydrogen (secondary N) is 1. The summed E-state index contributed by atoms with van der Waals surface area (Å²) < 4.78 is 23.8. The van der Waals surface area contributed by atoms with Crippen molar-refractivity contribution in [1.82, 2.24) is 30.1 Å². The zero-order chi connectivity index (χ0) is 25.4. The lowest BCUT2D eigenvalue weighted by atomic mass is 9.94. The number of hydrogen-bond donors (Lipinski definition) is 1. The van der Waals surface area contributed by atoms with E-state index in [0.717, 1.165) is 24.8 Å². The van der Waals surface area contributed by atoms with Crippen molar-refractivity contribution in [2.45, 2.75) is 51.3 Å². The molecule has 2 aromatic heterocycles. The van der Waals surface area contributed by atoms with Crippen LogP contribution < -0.4 is 15.0 Å². The number of aromatic amines is 1. The van der Waals surface area contributed by atoms with Crippen molar-refractivity contribution in [3.63, 3.8) is 0 Å². The Morgan fingerprint density at radius 1 is 1.19 bits per heavy atom. The number of fused-ring (bicyclic) bond motifs is 2. The fourth-order valence-corrected chi connectivity index (χ4v) is 5.49. The van der Waals surface area contributed by atoms with Crippen molar-refractivity contribution in [3.8, 4) is 11.5 Å². The van der Waals surface area contributed by atoms with Gasteiger partial charge in [0, 0.05) is 36.7 Å². The van der Waals surface area contributed by atoms with Crippen molar-refractivity contribution in [3.05, 3.63) is 39.9 Å². The summed E-state index contributed by atoms with van der Waals surface area (Å²) >= 11 is 0. The van der Waals surface area contributed by atoms with Crippen LogP contribution in [0.5, 0.6) is 11.5 Å². The summed E-state index contributed by atoms with van der Waals surface area (Å²) in [6.45, 7) is 4.77. The highest BCUT2D eigenvalue weighted by Crippen LogP contribution is 2.37. The second kappa shape index (κ2) is 10.1. The van der Waals surface area contributed by atoms with Gasteiger partial charge in [0.2, 0.25) is 6.79 Å². The maximum absolute atomic E-state index is 13.5. The lowest BCUT2D eigenvalue weighted by Crippen LogP contribution is -2.42. The molecule has 1 N–H and O–H groups in total. The molecule has 196 valence electrons. The molecule has 0 aliphatic carbocycles. The van der Waals surface area contributed by atoms with E-state index in [9.17, 15) is 9.59 Å². The maximum atomic E-state index is 13.5. The van der Waals surface area contributed by atoms with Crippen LogP contribution in [0.25, 0.3) is 10.9 Å². The number of tetrazole rings is 1. The Morgan fingerprint density at radius 2 is 2.00 bits per heavy atom. The molecule has 1 aromatic carbocycles. The first kappa shape index (κ1) is 23.9. The number of hydrogen-bond acceptors (Lipinski definition) is 10. The molecule has 5 heterocycles. The van der Waals surface area contributed by atoms with Crippen LogP contribution in [-0.2, 0) is 20.8 Å². The molecule has 3 aromatic rings. The summed E-state index contributed by atoms with van der Waals surface area (Å²) in [5.41, 5.74) is 0.969. The van der Waals surface area contributed by atoms with Gasteiger partial charge in [0.15, 0.2) is 17.3 Å². The fraction of sp³-hybridized carbons (Fsp3) is 0.560. The van der Waals surface area contributed by atoms with Crippen LogP contribution in [0, 0.1) is 5.92 Å². The molecule has 0 unspecified atom stereocenters. The van der Waals surface area contributed by atoms with Crippen LogP contribution in [0.15, 0.2) is 23.0 Å². The van der Waals surface area contributed by atoms with E-state index < -0.39 is 6.04 Å². The van der Waals surface area contributed by atoms with E-state index >= 15 is 0 Å². The van der Waals surface area contributed by atoms with Gasteiger partial charge in [-0.05, 0) is 55.2 Å². The minimum absolute atomic E-state index is 0.0343. The molecule has 0 saturated carbocycles. The van der Waals surface area contributed by atoms with Crippen molar-refractivity contribution in [2.24, 2.45) is 5.92 Å². The first-order valence-electron chi connectivity index (χ1n) is 12.9. The minimum Gasteiger partial charge on any atom is -0.466 e. The zero-order valence-electron chi connectivity index (χ0n) is 20.7. The molecular weight excluding hydrogens is 480 g/mol. The normalized spacial score (nSPS) is 20.9. The Hall–Kier alpha value is -3.51.